The van der Waals surface area contributed by atoms with E-state index in [0.717, 1.165) is 5.56 Å². The van der Waals surface area contributed by atoms with E-state index < -0.39 is 12.1 Å². The lowest BCUT2D eigenvalue weighted by molar-refractivity contribution is -0.192. The van der Waals surface area contributed by atoms with Crippen LogP contribution in [0.5, 0.6) is 5.75 Å². The van der Waals surface area contributed by atoms with Crippen molar-refractivity contribution in [2.24, 2.45) is 0 Å². The monoisotopic (exact) mass is 264 g/mol. The quantitative estimate of drug-likeness (QED) is 0.755. The van der Waals surface area contributed by atoms with Crippen LogP contribution in [-0.2, 0) is 10.2 Å². The Labute approximate surface area is 103 Å². The second kappa shape index (κ2) is 5.75. The van der Waals surface area contributed by atoms with Gasteiger partial charge in [0.25, 0.3) is 0 Å². The predicted octanol–water partition coefficient (Wildman–Crippen LogP) is 3.32. The molecule has 0 aliphatic rings. The predicted molar refractivity (Wildman–Crippen MR) is 60.5 cm³/mol. The third-order valence-electron chi connectivity index (χ3n) is 1.95. The third kappa shape index (κ3) is 5.56. The Bertz CT molecular complexity index is 406. The maximum absolute atomic E-state index is 10.6. The number of benzene rings is 1. The van der Waals surface area contributed by atoms with Gasteiger partial charge in [0.2, 0.25) is 0 Å². The fraction of sp³-hybridized carbons (Fsp3) is 0.417. The van der Waals surface area contributed by atoms with Crippen LogP contribution in [-0.4, -0.2) is 22.4 Å². The highest BCUT2D eigenvalue weighted by atomic mass is 19.4. The van der Waals surface area contributed by atoms with E-state index in [1.165, 1.54) is 0 Å². The maximum atomic E-state index is 10.6. The smallest absolute Gasteiger partial charge is 0.490 e. The lowest BCUT2D eigenvalue weighted by Gasteiger charge is -2.19. The normalized spacial score (nSPS) is 11.4. The van der Waals surface area contributed by atoms with Crippen molar-refractivity contribution in [3.8, 4) is 5.75 Å². The van der Waals surface area contributed by atoms with Crippen molar-refractivity contribution >= 4 is 5.97 Å². The molecule has 3 nitrogen and oxygen atoms in total. The molecule has 0 spiro atoms. The molecule has 0 radical (unpaired) electrons. The van der Waals surface area contributed by atoms with Gasteiger partial charge in [-0.3, -0.25) is 0 Å². The number of rotatable bonds is 0. The molecule has 1 rings (SSSR count). The van der Waals surface area contributed by atoms with Crippen LogP contribution in [0.1, 0.15) is 26.3 Å². The maximum Gasteiger partial charge on any atom is 0.490 e. The average molecular weight is 264 g/mol. The van der Waals surface area contributed by atoms with Crippen molar-refractivity contribution in [2.75, 3.05) is 0 Å². The molecule has 0 heterocycles. The first-order chi connectivity index (χ1) is 7.96. The standard InChI is InChI=1S/C10H14O.C2HF3O2/c1-10(2,3)8-6-4-5-7-9(8)11;3-2(4,5)1(6)7/h4-7,11H,1-3H3;(H,6,7). The van der Waals surface area contributed by atoms with E-state index in [1.54, 1.807) is 6.07 Å². The zero-order valence-corrected chi connectivity index (χ0v) is 10.2. The van der Waals surface area contributed by atoms with Crippen LogP contribution in [0.4, 0.5) is 13.2 Å². The van der Waals surface area contributed by atoms with Gasteiger partial charge < -0.3 is 10.2 Å². The first-order valence-electron chi connectivity index (χ1n) is 5.05. The molecule has 0 fully saturated rings. The zero-order valence-electron chi connectivity index (χ0n) is 10.2. The number of carboxylic acids is 1. The summed E-state index contributed by atoms with van der Waals surface area (Å²) in [6, 6.07) is 7.46. The highest BCUT2D eigenvalue weighted by Gasteiger charge is 2.38. The number of hydrogen-bond donors (Lipinski definition) is 2. The van der Waals surface area contributed by atoms with Gasteiger partial charge in [0.05, 0.1) is 0 Å². The Morgan fingerprint density at radius 3 is 1.72 bits per heavy atom. The summed E-state index contributed by atoms with van der Waals surface area (Å²) in [6.45, 7) is 6.26. The van der Waals surface area contributed by atoms with Crippen molar-refractivity contribution in [1.29, 1.82) is 0 Å². The molecule has 0 aliphatic heterocycles. The van der Waals surface area contributed by atoms with E-state index in [0.29, 0.717) is 5.75 Å². The second-order valence-corrected chi connectivity index (χ2v) is 4.57. The molecule has 0 bridgehead atoms. The Balaban J connectivity index is 0.000000360. The van der Waals surface area contributed by atoms with Crippen LogP contribution >= 0.6 is 0 Å². The zero-order chi connectivity index (χ0) is 14.6. The number of phenolic OH excluding ortho intramolecular Hbond substituents is 1. The van der Waals surface area contributed by atoms with Gasteiger partial charge in [0.1, 0.15) is 5.75 Å². The third-order valence-corrected chi connectivity index (χ3v) is 1.95. The topological polar surface area (TPSA) is 57.5 Å². The Kier molecular flexibility index (Phi) is 5.20. The Morgan fingerprint density at radius 2 is 1.50 bits per heavy atom. The molecule has 0 aromatic heterocycles. The lowest BCUT2D eigenvalue weighted by Crippen LogP contribution is -2.21. The van der Waals surface area contributed by atoms with Gasteiger partial charge in [0.15, 0.2) is 0 Å². The number of carbonyl (C=O) groups is 1. The van der Waals surface area contributed by atoms with Gasteiger partial charge in [-0.05, 0) is 17.0 Å². The first-order valence-corrected chi connectivity index (χ1v) is 5.05. The van der Waals surface area contributed by atoms with Gasteiger partial charge in [0, 0.05) is 0 Å². The van der Waals surface area contributed by atoms with Gasteiger partial charge in [-0.2, -0.15) is 13.2 Å². The molecule has 0 unspecified atom stereocenters. The number of para-hydroxylation sites is 1. The molecule has 0 atom stereocenters. The summed E-state index contributed by atoms with van der Waals surface area (Å²) in [5.41, 5.74) is 1.03. The van der Waals surface area contributed by atoms with Crippen LogP contribution in [0, 0.1) is 0 Å². The van der Waals surface area contributed by atoms with E-state index in [1.807, 2.05) is 18.2 Å². The summed E-state index contributed by atoms with van der Waals surface area (Å²) in [5, 5.41) is 16.6. The molecule has 1 aromatic carbocycles. The van der Waals surface area contributed by atoms with Crippen molar-refractivity contribution in [3.05, 3.63) is 29.8 Å². The molecule has 6 heteroatoms. The van der Waals surface area contributed by atoms with Crippen molar-refractivity contribution in [3.63, 3.8) is 0 Å². The second-order valence-electron chi connectivity index (χ2n) is 4.57. The van der Waals surface area contributed by atoms with E-state index >= 15 is 0 Å². The Hall–Kier alpha value is -1.72. The summed E-state index contributed by atoms with van der Waals surface area (Å²) < 4.78 is 31.7. The van der Waals surface area contributed by atoms with Gasteiger partial charge in [-0.1, -0.05) is 39.0 Å². The van der Waals surface area contributed by atoms with Gasteiger partial charge in [-0.25, -0.2) is 4.79 Å². The fourth-order valence-electron chi connectivity index (χ4n) is 1.11. The van der Waals surface area contributed by atoms with Crippen LogP contribution in [0.15, 0.2) is 24.3 Å². The molecule has 0 amide bonds. The number of aliphatic carboxylic acids is 1. The molecule has 0 aliphatic carbocycles. The fourth-order valence-corrected chi connectivity index (χ4v) is 1.11. The van der Waals surface area contributed by atoms with Gasteiger partial charge >= 0.3 is 12.1 Å². The number of carboxylic acid groups (broad SMARTS) is 1. The van der Waals surface area contributed by atoms with E-state index in [4.69, 9.17) is 9.90 Å². The summed E-state index contributed by atoms with van der Waals surface area (Å²) >= 11 is 0. The highest BCUT2D eigenvalue weighted by Crippen LogP contribution is 2.29. The van der Waals surface area contributed by atoms with Crippen LogP contribution in [0.3, 0.4) is 0 Å². The SMILES string of the molecule is CC(C)(C)c1ccccc1O.O=C(O)C(F)(F)F. The molecule has 102 valence electrons. The molecular weight excluding hydrogens is 249 g/mol. The molecule has 0 saturated heterocycles. The average Bonchev–Trinajstić information content (AvgIpc) is 2.15. The number of phenols is 1. The number of halogens is 3. The molecule has 18 heavy (non-hydrogen) atoms. The van der Waals surface area contributed by atoms with Crippen LogP contribution in [0.2, 0.25) is 0 Å². The summed E-state index contributed by atoms with van der Waals surface area (Å²) in [5.74, 6) is -2.37. The van der Waals surface area contributed by atoms with E-state index in [2.05, 4.69) is 20.8 Å². The molecular formula is C12H15F3O3. The summed E-state index contributed by atoms with van der Waals surface area (Å²) in [6.07, 6.45) is -5.08. The number of aromatic hydroxyl groups is 1. The van der Waals surface area contributed by atoms with E-state index in [-0.39, 0.29) is 5.41 Å². The minimum absolute atomic E-state index is 0.0331. The van der Waals surface area contributed by atoms with Crippen LogP contribution < -0.4 is 0 Å². The lowest BCUT2D eigenvalue weighted by atomic mass is 9.86. The van der Waals surface area contributed by atoms with Gasteiger partial charge in [-0.15, -0.1) is 0 Å². The van der Waals surface area contributed by atoms with Crippen LogP contribution in [0.25, 0.3) is 0 Å². The molecule has 1 aromatic rings. The van der Waals surface area contributed by atoms with Crippen molar-refractivity contribution in [1.82, 2.24) is 0 Å². The summed E-state index contributed by atoms with van der Waals surface area (Å²) in [4.78, 5) is 8.90. The largest absolute Gasteiger partial charge is 0.508 e. The minimum atomic E-state index is -5.08. The van der Waals surface area contributed by atoms with Crippen molar-refractivity contribution < 1.29 is 28.2 Å². The van der Waals surface area contributed by atoms with E-state index in [9.17, 15) is 18.3 Å². The molecule has 2 N–H and O–H groups in total. The number of alkyl halides is 3. The summed E-state index contributed by atoms with van der Waals surface area (Å²) in [7, 11) is 0. The first kappa shape index (κ1) is 16.3. The van der Waals surface area contributed by atoms with Crippen molar-refractivity contribution in [2.45, 2.75) is 32.4 Å². The minimum Gasteiger partial charge on any atom is -0.508 e. The molecule has 0 saturated carbocycles. The highest BCUT2D eigenvalue weighted by molar-refractivity contribution is 5.73. The number of hydrogen-bond acceptors (Lipinski definition) is 2. The Morgan fingerprint density at radius 1 is 1.11 bits per heavy atom.